The molecule has 2 atom stereocenters. The van der Waals surface area contributed by atoms with Crippen LogP contribution in [0.1, 0.15) is 58.9 Å². The molecule has 3 amide bonds. The highest BCUT2D eigenvalue weighted by molar-refractivity contribution is 7.92. The molecule has 2 unspecified atom stereocenters. The van der Waals surface area contributed by atoms with Gasteiger partial charge < -0.3 is 24.6 Å². The van der Waals surface area contributed by atoms with Crippen LogP contribution in [0.4, 0.5) is 0 Å². The van der Waals surface area contributed by atoms with Gasteiger partial charge in [0.15, 0.2) is 0 Å². The predicted octanol–water partition coefficient (Wildman–Crippen LogP) is 5.24. The minimum Gasteiger partial charge on any atom is -0.353 e. The van der Waals surface area contributed by atoms with E-state index in [1.54, 1.807) is 25.1 Å². The minimum absolute atomic E-state index is 0.0125. The molecular formula is C35H57N5O4S. The highest BCUT2D eigenvalue weighted by Gasteiger charge is 2.27. The largest absolute Gasteiger partial charge is 0.353 e. The number of hydrogen-bond acceptors (Lipinski definition) is 7. The summed E-state index contributed by atoms with van der Waals surface area (Å²) in [4.78, 5) is 38.2. The Kier molecular flexibility index (Phi) is 25.2. The number of benzene rings is 1. The number of allylic oxidation sites excluding steroid dienone is 5. The molecule has 45 heavy (non-hydrogen) atoms. The zero-order valence-corrected chi connectivity index (χ0v) is 29.2. The molecule has 0 saturated carbocycles. The summed E-state index contributed by atoms with van der Waals surface area (Å²) in [6.07, 6.45) is 13.4. The smallest absolute Gasteiger partial charge is 0.237 e. The number of likely N-dealkylation sites (tertiary alicyclic amines) is 1. The summed E-state index contributed by atoms with van der Waals surface area (Å²) in [5.74, 6) is 0.0709. The number of amides is 3. The van der Waals surface area contributed by atoms with Gasteiger partial charge in [-0.1, -0.05) is 72.4 Å². The van der Waals surface area contributed by atoms with Gasteiger partial charge in [-0.2, -0.15) is 0 Å². The molecule has 0 aromatic heterocycles. The first-order chi connectivity index (χ1) is 21.6. The van der Waals surface area contributed by atoms with Crippen LogP contribution in [0.25, 0.3) is 0 Å². The van der Waals surface area contributed by atoms with Crippen LogP contribution >= 0.6 is 12.2 Å². The van der Waals surface area contributed by atoms with Crippen LogP contribution in [0, 0.1) is 0 Å². The van der Waals surface area contributed by atoms with Crippen molar-refractivity contribution < 1.29 is 18.6 Å². The van der Waals surface area contributed by atoms with Crippen LogP contribution in [0.5, 0.6) is 0 Å². The van der Waals surface area contributed by atoms with Gasteiger partial charge in [0.25, 0.3) is 0 Å². The van der Waals surface area contributed by atoms with Crippen molar-refractivity contribution in [1.29, 1.82) is 0 Å². The van der Waals surface area contributed by atoms with Gasteiger partial charge in [-0.05, 0) is 72.4 Å². The standard InChI is InChI=1S/C14H25N3O3S.C13H20N2O.C8H12/c1-12(2)6-8-16(14(19)9-15-21-20-3)10-13-5-4-7-17(13)11-18;1-11(15-13(16)10-14-2)8-9-12-6-4-3-5-7-12;1-4-6-8(3)7-5-2/h11,13,15H,1,4-10H2,2-3H3;3-7,11,14H,8-10H2,1-2H3,(H,15,16);4-7H,1H2,2-3H3/b;;7-5-,8-6-. The second kappa shape index (κ2) is 27.2. The summed E-state index contributed by atoms with van der Waals surface area (Å²) in [7, 11) is 3.32. The number of carbonyl (C=O) groups excluding carboxylic acids is 3. The third kappa shape index (κ3) is 22.0. The molecule has 10 heteroatoms. The van der Waals surface area contributed by atoms with E-state index in [-0.39, 0.29) is 30.4 Å². The first-order valence-electron chi connectivity index (χ1n) is 15.6. The lowest BCUT2D eigenvalue weighted by atomic mass is 10.1. The van der Waals surface area contributed by atoms with E-state index in [0.29, 0.717) is 19.6 Å². The highest BCUT2D eigenvalue weighted by Crippen LogP contribution is 2.17. The summed E-state index contributed by atoms with van der Waals surface area (Å²) in [5, 5.41) is 5.78. The van der Waals surface area contributed by atoms with Crippen molar-refractivity contribution in [1.82, 2.24) is 25.2 Å². The summed E-state index contributed by atoms with van der Waals surface area (Å²) >= 11 is 1.04. The molecule has 1 saturated heterocycles. The molecule has 1 heterocycles. The molecule has 1 aromatic carbocycles. The quantitative estimate of drug-likeness (QED) is 0.0502. The zero-order chi connectivity index (χ0) is 33.9. The second-order valence-corrected chi connectivity index (χ2v) is 11.7. The molecule has 0 bridgehead atoms. The van der Waals surface area contributed by atoms with Crippen molar-refractivity contribution in [3.05, 3.63) is 84.5 Å². The van der Waals surface area contributed by atoms with Crippen LogP contribution in [-0.4, -0.2) is 87.0 Å². The summed E-state index contributed by atoms with van der Waals surface area (Å²) in [6.45, 7) is 18.1. The van der Waals surface area contributed by atoms with E-state index >= 15 is 0 Å². The molecule has 2 rings (SSSR count). The monoisotopic (exact) mass is 643 g/mol. The Morgan fingerprint density at radius 2 is 1.93 bits per heavy atom. The maximum Gasteiger partial charge on any atom is 0.237 e. The Morgan fingerprint density at radius 3 is 2.51 bits per heavy atom. The third-order valence-corrected chi connectivity index (χ3v) is 7.21. The first kappa shape index (κ1) is 41.8. The second-order valence-electron chi connectivity index (χ2n) is 10.9. The number of nitrogens with one attached hydrogen (secondary N) is 3. The van der Waals surface area contributed by atoms with Crippen molar-refractivity contribution in [2.75, 3.05) is 46.9 Å². The normalized spacial score (nSPS) is 14.8. The van der Waals surface area contributed by atoms with E-state index in [4.69, 9.17) is 4.18 Å². The molecule has 1 fully saturated rings. The van der Waals surface area contributed by atoms with Crippen LogP contribution in [-0.2, 0) is 25.0 Å². The van der Waals surface area contributed by atoms with E-state index in [1.165, 1.54) is 11.1 Å². The number of hydrogen-bond donors (Lipinski definition) is 3. The lowest BCUT2D eigenvalue weighted by molar-refractivity contribution is -0.131. The molecule has 1 aliphatic rings. The third-order valence-electron chi connectivity index (χ3n) is 6.78. The predicted molar refractivity (Wildman–Crippen MR) is 189 cm³/mol. The van der Waals surface area contributed by atoms with Crippen molar-refractivity contribution >= 4 is 30.5 Å². The number of carbonyl (C=O) groups is 3. The van der Waals surface area contributed by atoms with E-state index in [0.717, 1.165) is 62.9 Å². The fraction of sp³-hybridized carbons (Fsp3) is 0.514. The Balaban J connectivity index is 0.000000711. The molecule has 1 aromatic rings. The molecule has 3 N–H and O–H groups in total. The van der Waals surface area contributed by atoms with Crippen molar-refractivity contribution in [2.24, 2.45) is 0 Å². The van der Waals surface area contributed by atoms with Gasteiger partial charge in [-0.3, -0.25) is 14.4 Å². The Hall–Kier alpha value is -3.18. The van der Waals surface area contributed by atoms with Crippen molar-refractivity contribution in [3.8, 4) is 0 Å². The lowest BCUT2D eigenvalue weighted by Gasteiger charge is -2.29. The number of rotatable bonds is 18. The Morgan fingerprint density at radius 1 is 1.22 bits per heavy atom. The summed E-state index contributed by atoms with van der Waals surface area (Å²) in [5.41, 5.74) is 3.60. The molecule has 252 valence electrons. The topological polar surface area (TPSA) is 103 Å². The SMILES string of the molecule is C=C(C)CCN(CC1CCCN1C=O)C(=O)CNSOC.C=C/C=C(C)\C=C/C.CNCC(=O)NC(C)CCc1ccccc1. The maximum atomic E-state index is 12.3. The fourth-order valence-electron chi connectivity index (χ4n) is 4.44. The fourth-order valence-corrected chi connectivity index (χ4v) is 4.74. The lowest BCUT2D eigenvalue weighted by Crippen LogP contribution is -2.45. The van der Waals surface area contributed by atoms with E-state index < -0.39 is 0 Å². The zero-order valence-electron chi connectivity index (χ0n) is 28.3. The van der Waals surface area contributed by atoms with Crippen molar-refractivity contribution in [3.63, 3.8) is 0 Å². The van der Waals surface area contributed by atoms with Gasteiger partial charge in [-0.15, -0.1) is 6.58 Å². The first-order valence-corrected chi connectivity index (χ1v) is 16.3. The molecule has 9 nitrogen and oxygen atoms in total. The van der Waals surface area contributed by atoms with Gasteiger partial charge in [0.1, 0.15) is 0 Å². The van der Waals surface area contributed by atoms with Gasteiger partial charge in [0.05, 0.1) is 32.4 Å². The van der Waals surface area contributed by atoms with E-state index in [1.807, 2.05) is 69.0 Å². The van der Waals surface area contributed by atoms with Gasteiger partial charge in [-0.25, -0.2) is 4.72 Å². The average Bonchev–Trinajstić information content (AvgIpc) is 3.47. The van der Waals surface area contributed by atoms with Gasteiger partial charge >= 0.3 is 0 Å². The average molecular weight is 644 g/mol. The summed E-state index contributed by atoms with van der Waals surface area (Å²) in [6, 6.07) is 10.7. The molecular weight excluding hydrogens is 586 g/mol. The van der Waals surface area contributed by atoms with Crippen LogP contribution in [0.2, 0.25) is 0 Å². The van der Waals surface area contributed by atoms with E-state index in [9.17, 15) is 14.4 Å². The molecule has 0 radical (unpaired) electrons. The summed E-state index contributed by atoms with van der Waals surface area (Å²) < 4.78 is 7.65. The van der Waals surface area contributed by atoms with Crippen molar-refractivity contribution in [2.45, 2.75) is 71.9 Å². The van der Waals surface area contributed by atoms with Crippen LogP contribution < -0.4 is 15.4 Å². The number of nitrogens with zero attached hydrogens (tertiary/aromatic N) is 2. The van der Waals surface area contributed by atoms with E-state index in [2.05, 4.69) is 40.6 Å². The van der Waals surface area contributed by atoms with Gasteiger partial charge in [0, 0.05) is 31.7 Å². The number of aryl methyl sites for hydroxylation is 1. The highest BCUT2D eigenvalue weighted by atomic mass is 32.2. The molecule has 0 spiro atoms. The Labute approximate surface area is 276 Å². The molecule has 0 aliphatic carbocycles. The van der Waals surface area contributed by atoms with Gasteiger partial charge in [0.2, 0.25) is 18.2 Å². The Bertz CT molecular complexity index is 1050. The van der Waals surface area contributed by atoms with Crippen LogP contribution in [0.15, 0.2) is 78.9 Å². The van der Waals surface area contributed by atoms with Crippen LogP contribution in [0.3, 0.4) is 0 Å². The minimum atomic E-state index is 0.0125. The maximum absolute atomic E-state index is 12.3. The number of likely N-dealkylation sites (N-methyl/N-ethyl adjacent to an activating group) is 1. The molecule has 1 aliphatic heterocycles.